The first-order valence-corrected chi connectivity index (χ1v) is 11.2. The van der Waals surface area contributed by atoms with Crippen LogP contribution in [0.25, 0.3) is 22.2 Å². The number of para-hydroxylation sites is 1. The van der Waals surface area contributed by atoms with Gasteiger partial charge < -0.3 is 24.8 Å². The van der Waals surface area contributed by atoms with Crippen LogP contribution < -0.4 is 15.0 Å². The number of benzene rings is 2. The fourth-order valence-corrected chi connectivity index (χ4v) is 4.03. The van der Waals surface area contributed by atoms with E-state index in [1.807, 2.05) is 68.2 Å². The van der Waals surface area contributed by atoms with Gasteiger partial charge in [0.05, 0.1) is 23.4 Å². The van der Waals surface area contributed by atoms with Gasteiger partial charge in [0, 0.05) is 60.6 Å². The van der Waals surface area contributed by atoms with E-state index in [0.717, 1.165) is 34.4 Å². The number of rotatable bonds is 9. The predicted octanol–water partition coefficient (Wildman–Crippen LogP) is 4.59. The summed E-state index contributed by atoms with van der Waals surface area (Å²) in [6, 6.07) is 13.0. The van der Waals surface area contributed by atoms with Crippen LogP contribution in [0.2, 0.25) is 0 Å². The lowest BCUT2D eigenvalue weighted by Gasteiger charge is -2.22. The van der Waals surface area contributed by atoms with Gasteiger partial charge in [0.25, 0.3) is 5.69 Å². The number of methoxy groups -OCH3 is 1. The van der Waals surface area contributed by atoms with E-state index in [1.54, 1.807) is 12.3 Å². The van der Waals surface area contributed by atoms with Gasteiger partial charge in [-0.1, -0.05) is 18.2 Å². The number of anilines is 3. The Morgan fingerprint density at radius 1 is 1.14 bits per heavy atom. The summed E-state index contributed by atoms with van der Waals surface area (Å²) in [5, 5.41) is 16.1. The third kappa shape index (κ3) is 5.02. The number of nitro groups is 1. The zero-order valence-electron chi connectivity index (χ0n) is 20.5. The number of nitrogens with zero attached hydrogens (tertiary/aromatic N) is 5. The fourth-order valence-electron chi connectivity index (χ4n) is 4.03. The number of nitro benzene ring substituents is 1. The lowest BCUT2D eigenvalue weighted by molar-refractivity contribution is -0.384. The van der Waals surface area contributed by atoms with Gasteiger partial charge in [0.2, 0.25) is 5.95 Å². The maximum atomic E-state index is 11.9. The molecule has 0 fully saturated rings. The topological polar surface area (TPSA) is 112 Å². The summed E-state index contributed by atoms with van der Waals surface area (Å²) in [6.07, 6.45) is 1.66. The molecule has 182 valence electrons. The molecule has 0 bridgehead atoms. The number of aromatic nitrogens is 3. The Morgan fingerprint density at radius 2 is 1.91 bits per heavy atom. The Bertz CT molecular complexity index is 1370. The number of hydrogen-bond donors (Lipinski definition) is 2. The zero-order valence-corrected chi connectivity index (χ0v) is 20.5. The minimum absolute atomic E-state index is 0.0295. The molecular weight excluding hydrogens is 446 g/mol. The first kappa shape index (κ1) is 24.0. The minimum atomic E-state index is -0.390. The van der Waals surface area contributed by atoms with Gasteiger partial charge in [-0.25, -0.2) is 9.97 Å². The van der Waals surface area contributed by atoms with Gasteiger partial charge in [-0.15, -0.1) is 0 Å². The van der Waals surface area contributed by atoms with Crippen molar-refractivity contribution in [3.8, 4) is 17.0 Å². The van der Waals surface area contributed by atoms with E-state index in [0.29, 0.717) is 29.6 Å². The normalized spacial score (nSPS) is 11.1. The van der Waals surface area contributed by atoms with Crippen molar-refractivity contribution >= 4 is 33.9 Å². The van der Waals surface area contributed by atoms with E-state index in [-0.39, 0.29) is 5.69 Å². The largest absolute Gasteiger partial charge is 0.494 e. The van der Waals surface area contributed by atoms with Crippen LogP contribution in [0.5, 0.6) is 5.75 Å². The average molecular weight is 476 g/mol. The molecule has 0 atom stereocenters. The average Bonchev–Trinajstić information content (AvgIpc) is 3.18. The third-order valence-corrected chi connectivity index (χ3v) is 5.84. The van der Waals surface area contributed by atoms with E-state index < -0.39 is 4.92 Å². The van der Waals surface area contributed by atoms with Gasteiger partial charge in [-0.2, -0.15) is 0 Å². The first-order chi connectivity index (χ1) is 16.8. The molecule has 4 rings (SSSR count). The summed E-state index contributed by atoms with van der Waals surface area (Å²) in [5.41, 5.74) is 4.61. The molecule has 10 nitrogen and oxygen atoms in total. The first-order valence-electron chi connectivity index (χ1n) is 11.2. The van der Waals surface area contributed by atoms with Crippen molar-refractivity contribution in [1.82, 2.24) is 19.9 Å². The van der Waals surface area contributed by atoms with Crippen LogP contribution >= 0.6 is 0 Å². The third-order valence-electron chi connectivity index (χ3n) is 5.84. The lowest BCUT2D eigenvalue weighted by Crippen LogP contribution is -2.28. The number of ether oxygens (including phenoxy) is 1. The highest BCUT2D eigenvalue weighted by Gasteiger charge is 2.22. The Balaban J connectivity index is 1.70. The summed E-state index contributed by atoms with van der Waals surface area (Å²) in [4.78, 5) is 27.8. The highest BCUT2D eigenvalue weighted by Crippen LogP contribution is 2.39. The predicted molar refractivity (Wildman–Crippen MR) is 139 cm³/mol. The SMILES string of the molecule is COc1cc(N(C)CCN(C)C)c([N+](=O)[O-])cc1Nc1nccc(-c2c(C)[nH]c3ccccc23)n1. The summed E-state index contributed by atoms with van der Waals surface area (Å²) in [6.45, 7) is 3.38. The Labute approximate surface area is 203 Å². The standard InChI is InChI=1S/C25H29N7O3/c1-16-24(17-8-6-7-9-18(17)27-16)19-10-11-26-25(28-19)29-20-14-22(32(33)34)21(15-23(20)35-5)31(4)13-12-30(2)3/h6-11,14-15,27H,12-13H2,1-5H3,(H,26,28,29). The fraction of sp³-hybridized carbons (Fsp3) is 0.280. The van der Waals surface area contributed by atoms with Gasteiger partial charge in [0.15, 0.2) is 0 Å². The number of aryl methyl sites for hydroxylation is 1. The molecule has 10 heteroatoms. The van der Waals surface area contributed by atoms with E-state index in [4.69, 9.17) is 9.72 Å². The van der Waals surface area contributed by atoms with E-state index in [2.05, 4.69) is 15.3 Å². The van der Waals surface area contributed by atoms with Crippen molar-refractivity contribution in [2.24, 2.45) is 0 Å². The van der Waals surface area contributed by atoms with Crippen LogP contribution in [0.3, 0.4) is 0 Å². The highest BCUT2D eigenvalue weighted by molar-refractivity contribution is 5.96. The van der Waals surface area contributed by atoms with Crippen LogP contribution in [-0.2, 0) is 0 Å². The second-order valence-electron chi connectivity index (χ2n) is 8.58. The summed E-state index contributed by atoms with van der Waals surface area (Å²) >= 11 is 0. The molecule has 0 amide bonds. The molecular formula is C25H29N7O3. The molecule has 0 aliphatic carbocycles. The van der Waals surface area contributed by atoms with Crippen LogP contribution in [0, 0.1) is 17.0 Å². The summed E-state index contributed by atoms with van der Waals surface area (Å²) < 4.78 is 5.57. The van der Waals surface area contributed by atoms with Crippen molar-refractivity contribution in [3.05, 3.63) is 64.5 Å². The summed E-state index contributed by atoms with van der Waals surface area (Å²) in [7, 11) is 7.28. The molecule has 2 aromatic heterocycles. The smallest absolute Gasteiger partial charge is 0.294 e. The van der Waals surface area contributed by atoms with Gasteiger partial charge in [0.1, 0.15) is 11.4 Å². The highest BCUT2D eigenvalue weighted by atomic mass is 16.6. The van der Waals surface area contributed by atoms with Gasteiger partial charge >= 0.3 is 0 Å². The molecule has 2 N–H and O–H groups in total. The van der Waals surface area contributed by atoms with Crippen molar-refractivity contribution in [1.29, 1.82) is 0 Å². The molecule has 2 heterocycles. The van der Waals surface area contributed by atoms with Crippen molar-refractivity contribution in [3.63, 3.8) is 0 Å². The van der Waals surface area contributed by atoms with Crippen molar-refractivity contribution in [2.45, 2.75) is 6.92 Å². The number of nitrogens with one attached hydrogen (secondary N) is 2. The molecule has 0 aliphatic rings. The second kappa shape index (κ2) is 9.98. The molecule has 0 saturated carbocycles. The number of aromatic amines is 1. The van der Waals surface area contributed by atoms with Crippen LogP contribution in [0.1, 0.15) is 5.69 Å². The van der Waals surface area contributed by atoms with Crippen LogP contribution in [0.15, 0.2) is 48.7 Å². The molecule has 0 aliphatic heterocycles. The Hall–Kier alpha value is -4.18. The Kier molecular flexibility index (Phi) is 6.83. The lowest BCUT2D eigenvalue weighted by atomic mass is 10.1. The summed E-state index contributed by atoms with van der Waals surface area (Å²) in [5.74, 6) is 0.771. The molecule has 0 spiro atoms. The van der Waals surface area contributed by atoms with E-state index in [9.17, 15) is 10.1 Å². The number of H-pyrrole nitrogens is 1. The second-order valence-corrected chi connectivity index (χ2v) is 8.58. The van der Waals surface area contributed by atoms with Crippen LogP contribution in [-0.4, -0.2) is 66.1 Å². The quantitative estimate of drug-likeness (QED) is 0.267. The van der Waals surface area contributed by atoms with E-state index in [1.165, 1.54) is 13.2 Å². The minimum Gasteiger partial charge on any atom is -0.494 e. The molecule has 2 aromatic carbocycles. The van der Waals surface area contributed by atoms with Crippen LogP contribution in [0.4, 0.5) is 23.0 Å². The number of likely N-dealkylation sites (N-methyl/N-ethyl adjacent to an activating group) is 2. The van der Waals surface area contributed by atoms with Crippen molar-refractivity contribution < 1.29 is 9.66 Å². The molecule has 4 aromatic rings. The Morgan fingerprint density at radius 3 is 2.63 bits per heavy atom. The molecule has 0 radical (unpaired) electrons. The number of hydrogen-bond acceptors (Lipinski definition) is 8. The number of fused-ring (bicyclic) bond motifs is 1. The maximum Gasteiger partial charge on any atom is 0.294 e. The monoisotopic (exact) mass is 475 g/mol. The molecule has 35 heavy (non-hydrogen) atoms. The van der Waals surface area contributed by atoms with E-state index >= 15 is 0 Å². The van der Waals surface area contributed by atoms with Gasteiger partial charge in [-0.3, -0.25) is 10.1 Å². The molecule has 0 saturated heterocycles. The molecule has 0 unspecified atom stereocenters. The van der Waals surface area contributed by atoms with Crippen molar-refractivity contribution in [2.75, 3.05) is 51.6 Å². The zero-order chi connectivity index (χ0) is 25.1. The van der Waals surface area contributed by atoms with Gasteiger partial charge in [-0.05, 0) is 33.2 Å². The maximum absolute atomic E-state index is 11.9.